The minimum absolute atomic E-state index is 0.122. The van der Waals surface area contributed by atoms with Gasteiger partial charge in [-0.15, -0.1) is 11.3 Å². The molecular formula is C12H15N3OS. The lowest BCUT2D eigenvalue weighted by Crippen LogP contribution is -2.48. The molecule has 90 valence electrons. The molecule has 17 heavy (non-hydrogen) atoms. The number of carbonyl (C=O) groups excluding carboxylic acids is 1. The highest BCUT2D eigenvalue weighted by Crippen LogP contribution is 2.45. The van der Waals surface area contributed by atoms with Gasteiger partial charge in [-0.1, -0.05) is 6.92 Å². The van der Waals surface area contributed by atoms with Gasteiger partial charge in [0.05, 0.1) is 12.1 Å². The summed E-state index contributed by atoms with van der Waals surface area (Å²) in [6, 6.07) is 2.05. The van der Waals surface area contributed by atoms with Crippen molar-refractivity contribution in [2.45, 2.75) is 32.7 Å². The molecule has 1 aromatic rings. The Kier molecular flexibility index (Phi) is 3.16. The fourth-order valence-corrected chi connectivity index (χ4v) is 2.95. The van der Waals surface area contributed by atoms with Crippen LogP contribution in [-0.2, 0) is 4.79 Å². The Hall–Kier alpha value is -1.41. The van der Waals surface area contributed by atoms with E-state index in [-0.39, 0.29) is 11.9 Å². The molecule has 0 radical (unpaired) electrons. The average molecular weight is 249 g/mol. The van der Waals surface area contributed by atoms with Gasteiger partial charge < -0.3 is 5.32 Å². The number of nitrogens with zero attached hydrogens (tertiary/aromatic N) is 2. The van der Waals surface area contributed by atoms with Crippen LogP contribution in [0.25, 0.3) is 0 Å². The van der Waals surface area contributed by atoms with E-state index in [1.807, 2.05) is 12.3 Å². The minimum Gasteiger partial charge on any atom is -0.346 e. The third-order valence-electron chi connectivity index (χ3n) is 3.21. The Balaban J connectivity index is 2.00. The van der Waals surface area contributed by atoms with Crippen LogP contribution in [0.15, 0.2) is 11.6 Å². The Labute approximate surface area is 105 Å². The monoisotopic (exact) mass is 249 g/mol. The zero-order chi connectivity index (χ0) is 12.5. The van der Waals surface area contributed by atoms with Crippen molar-refractivity contribution in [2.24, 2.45) is 11.3 Å². The molecular weight excluding hydrogens is 234 g/mol. The van der Waals surface area contributed by atoms with Crippen LogP contribution in [0.2, 0.25) is 0 Å². The van der Waals surface area contributed by atoms with E-state index in [4.69, 9.17) is 5.26 Å². The van der Waals surface area contributed by atoms with E-state index in [0.29, 0.717) is 18.8 Å². The van der Waals surface area contributed by atoms with Crippen molar-refractivity contribution in [3.8, 4) is 6.07 Å². The van der Waals surface area contributed by atoms with Crippen LogP contribution >= 0.6 is 11.3 Å². The second-order valence-electron chi connectivity index (χ2n) is 4.77. The highest BCUT2D eigenvalue weighted by atomic mass is 32.1. The number of hydrogen-bond donors (Lipinski definition) is 1. The van der Waals surface area contributed by atoms with Gasteiger partial charge in [0, 0.05) is 11.6 Å². The van der Waals surface area contributed by atoms with Gasteiger partial charge in [0.2, 0.25) is 5.91 Å². The molecule has 0 aliphatic heterocycles. The normalized spacial score (nSPS) is 28.9. The Morgan fingerprint density at radius 1 is 1.76 bits per heavy atom. The SMILES string of the molecule is CC1CC(C#N)(C(=O)NC(C)c2nccs2)C1. The topological polar surface area (TPSA) is 65.8 Å². The molecule has 0 aromatic carbocycles. The number of amides is 1. The van der Waals surface area contributed by atoms with Crippen LogP contribution in [0.5, 0.6) is 0 Å². The van der Waals surface area contributed by atoms with Crippen molar-refractivity contribution < 1.29 is 4.79 Å². The summed E-state index contributed by atoms with van der Waals surface area (Å²) >= 11 is 1.51. The molecule has 1 atom stereocenters. The number of hydrogen-bond acceptors (Lipinski definition) is 4. The lowest BCUT2D eigenvalue weighted by atomic mass is 9.63. The number of thiazole rings is 1. The zero-order valence-electron chi connectivity index (χ0n) is 9.93. The average Bonchev–Trinajstić information content (AvgIpc) is 2.77. The third-order valence-corrected chi connectivity index (χ3v) is 4.17. The molecule has 1 aliphatic carbocycles. The van der Waals surface area contributed by atoms with Crippen molar-refractivity contribution in [3.63, 3.8) is 0 Å². The largest absolute Gasteiger partial charge is 0.346 e. The number of rotatable bonds is 3. The fraction of sp³-hybridized carbons (Fsp3) is 0.583. The van der Waals surface area contributed by atoms with Gasteiger partial charge in [-0.3, -0.25) is 4.79 Å². The molecule has 5 heteroatoms. The van der Waals surface area contributed by atoms with Gasteiger partial charge in [0.15, 0.2) is 0 Å². The standard InChI is InChI=1S/C12H15N3OS/c1-8-5-12(6-8,7-13)11(16)15-9(2)10-14-3-4-17-10/h3-4,8-9H,5-6H2,1-2H3,(H,15,16). The van der Waals surface area contributed by atoms with Crippen LogP contribution in [-0.4, -0.2) is 10.9 Å². The molecule has 2 rings (SSSR count). The Morgan fingerprint density at radius 3 is 2.94 bits per heavy atom. The molecule has 4 nitrogen and oxygen atoms in total. The van der Waals surface area contributed by atoms with E-state index in [0.717, 1.165) is 5.01 Å². The number of nitrogens with one attached hydrogen (secondary N) is 1. The summed E-state index contributed by atoms with van der Waals surface area (Å²) in [4.78, 5) is 16.2. The zero-order valence-corrected chi connectivity index (χ0v) is 10.8. The van der Waals surface area contributed by atoms with E-state index in [9.17, 15) is 4.79 Å². The van der Waals surface area contributed by atoms with Gasteiger partial charge in [-0.2, -0.15) is 5.26 Å². The molecule has 1 saturated carbocycles. The van der Waals surface area contributed by atoms with E-state index >= 15 is 0 Å². The van der Waals surface area contributed by atoms with Crippen molar-refractivity contribution in [1.82, 2.24) is 10.3 Å². The van der Waals surface area contributed by atoms with Gasteiger partial charge in [0.1, 0.15) is 10.4 Å². The Morgan fingerprint density at radius 2 is 2.47 bits per heavy atom. The molecule has 1 unspecified atom stereocenters. The molecule has 1 amide bonds. The second-order valence-corrected chi connectivity index (χ2v) is 5.70. The first-order valence-corrected chi connectivity index (χ1v) is 6.57. The maximum atomic E-state index is 12.1. The van der Waals surface area contributed by atoms with Crippen LogP contribution in [0.1, 0.15) is 37.7 Å². The predicted molar refractivity (Wildman–Crippen MR) is 65.1 cm³/mol. The van der Waals surface area contributed by atoms with Gasteiger partial charge in [-0.05, 0) is 25.7 Å². The molecule has 0 spiro atoms. The third kappa shape index (κ3) is 2.18. The molecule has 1 fully saturated rings. The number of nitriles is 1. The summed E-state index contributed by atoms with van der Waals surface area (Å²) in [7, 11) is 0. The first-order chi connectivity index (χ1) is 8.07. The van der Waals surface area contributed by atoms with Crippen LogP contribution in [0.4, 0.5) is 0 Å². The van der Waals surface area contributed by atoms with E-state index < -0.39 is 5.41 Å². The first kappa shape index (κ1) is 12.1. The lowest BCUT2D eigenvalue weighted by Gasteiger charge is -2.39. The maximum absolute atomic E-state index is 12.1. The van der Waals surface area contributed by atoms with Gasteiger partial charge >= 0.3 is 0 Å². The minimum atomic E-state index is -0.801. The molecule has 0 bridgehead atoms. The highest BCUT2D eigenvalue weighted by Gasteiger charge is 2.49. The fourth-order valence-electron chi connectivity index (χ4n) is 2.30. The summed E-state index contributed by atoms with van der Waals surface area (Å²) in [5.74, 6) is 0.316. The van der Waals surface area contributed by atoms with Crippen molar-refractivity contribution in [1.29, 1.82) is 5.26 Å². The number of aromatic nitrogens is 1. The summed E-state index contributed by atoms with van der Waals surface area (Å²) < 4.78 is 0. The van der Waals surface area contributed by atoms with Crippen LogP contribution < -0.4 is 5.32 Å². The molecule has 1 N–H and O–H groups in total. The lowest BCUT2D eigenvalue weighted by molar-refractivity contribution is -0.134. The molecule has 1 aliphatic rings. The molecule has 1 heterocycles. The summed E-state index contributed by atoms with van der Waals surface area (Å²) in [6.45, 7) is 3.96. The molecule has 0 saturated heterocycles. The maximum Gasteiger partial charge on any atom is 0.241 e. The number of carbonyl (C=O) groups is 1. The smallest absolute Gasteiger partial charge is 0.241 e. The van der Waals surface area contributed by atoms with Crippen molar-refractivity contribution in [2.75, 3.05) is 0 Å². The summed E-state index contributed by atoms with van der Waals surface area (Å²) in [5, 5.41) is 14.8. The summed E-state index contributed by atoms with van der Waals surface area (Å²) in [6.07, 6.45) is 3.05. The predicted octanol–water partition coefficient (Wildman–Crippen LogP) is 2.26. The van der Waals surface area contributed by atoms with E-state index in [2.05, 4.69) is 23.3 Å². The quantitative estimate of drug-likeness (QED) is 0.893. The van der Waals surface area contributed by atoms with Gasteiger partial charge in [0.25, 0.3) is 0 Å². The molecule has 1 aromatic heterocycles. The van der Waals surface area contributed by atoms with Crippen molar-refractivity contribution >= 4 is 17.2 Å². The van der Waals surface area contributed by atoms with E-state index in [1.165, 1.54) is 11.3 Å². The highest BCUT2D eigenvalue weighted by molar-refractivity contribution is 7.09. The summed E-state index contributed by atoms with van der Waals surface area (Å²) in [5.41, 5.74) is -0.801. The van der Waals surface area contributed by atoms with Crippen molar-refractivity contribution in [3.05, 3.63) is 16.6 Å². The van der Waals surface area contributed by atoms with Crippen LogP contribution in [0, 0.1) is 22.7 Å². The van der Waals surface area contributed by atoms with Crippen LogP contribution in [0.3, 0.4) is 0 Å². The first-order valence-electron chi connectivity index (χ1n) is 5.69. The van der Waals surface area contributed by atoms with Gasteiger partial charge in [-0.25, -0.2) is 4.98 Å². The van der Waals surface area contributed by atoms with E-state index in [1.54, 1.807) is 6.20 Å². The Bertz CT molecular complexity index is 443. The second kappa shape index (κ2) is 4.46.